The summed E-state index contributed by atoms with van der Waals surface area (Å²) >= 11 is 0. The SMILES string of the molecule is COc1ccc(-c2ccc(N)c(C(N)=O)n2)cc1OC. The number of anilines is 1. The minimum atomic E-state index is -0.662. The summed E-state index contributed by atoms with van der Waals surface area (Å²) in [6.07, 6.45) is 0. The van der Waals surface area contributed by atoms with Crippen molar-refractivity contribution in [3.05, 3.63) is 36.0 Å². The van der Waals surface area contributed by atoms with Crippen LogP contribution in [-0.4, -0.2) is 25.1 Å². The molecule has 6 nitrogen and oxygen atoms in total. The first-order valence-electron chi connectivity index (χ1n) is 5.85. The number of rotatable bonds is 4. The first kappa shape index (κ1) is 13.7. The van der Waals surface area contributed by atoms with Gasteiger partial charge in [-0.3, -0.25) is 4.79 Å². The van der Waals surface area contributed by atoms with Gasteiger partial charge in [0.1, 0.15) is 0 Å². The first-order valence-corrected chi connectivity index (χ1v) is 5.85. The molecule has 20 heavy (non-hydrogen) atoms. The normalized spacial score (nSPS) is 10.1. The maximum atomic E-state index is 11.3. The van der Waals surface area contributed by atoms with Gasteiger partial charge in [0.15, 0.2) is 17.2 Å². The third kappa shape index (κ3) is 2.49. The Bertz CT molecular complexity index is 656. The van der Waals surface area contributed by atoms with Gasteiger partial charge in [-0.05, 0) is 30.3 Å². The molecule has 0 unspecified atom stereocenters. The zero-order valence-corrected chi connectivity index (χ0v) is 11.2. The van der Waals surface area contributed by atoms with Gasteiger partial charge in [0.05, 0.1) is 25.6 Å². The van der Waals surface area contributed by atoms with Crippen molar-refractivity contribution in [1.82, 2.24) is 4.98 Å². The van der Waals surface area contributed by atoms with Crippen molar-refractivity contribution >= 4 is 11.6 Å². The highest BCUT2D eigenvalue weighted by atomic mass is 16.5. The summed E-state index contributed by atoms with van der Waals surface area (Å²) in [7, 11) is 3.11. The molecule has 0 aliphatic heterocycles. The number of nitrogens with two attached hydrogens (primary N) is 2. The fraction of sp³-hybridized carbons (Fsp3) is 0.143. The number of amides is 1. The molecule has 0 aliphatic carbocycles. The van der Waals surface area contributed by atoms with Crippen molar-refractivity contribution in [2.75, 3.05) is 20.0 Å². The van der Waals surface area contributed by atoms with Crippen molar-refractivity contribution in [2.45, 2.75) is 0 Å². The molecule has 0 spiro atoms. The predicted molar refractivity (Wildman–Crippen MR) is 75.7 cm³/mol. The molecule has 0 saturated heterocycles. The van der Waals surface area contributed by atoms with Crippen LogP contribution >= 0.6 is 0 Å². The minimum absolute atomic E-state index is 0.0530. The Morgan fingerprint density at radius 1 is 1.10 bits per heavy atom. The number of hydrogen-bond acceptors (Lipinski definition) is 5. The van der Waals surface area contributed by atoms with E-state index in [1.807, 2.05) is 6.07 Å². The van der Waals surface area contributed by atoms with Crippen molar-refractivity contribution in [3.8, 4) is 22.8 Å². The number of aromatic nitrogens is 1. The first-order chi connectivity index (χ1) is 9.56. The summed E-state index contributed by atoms with van der Waals surface area (Å²) in [4.78, 5) is 15.4. The van der Waals surface area contributed by atoms with Gasteiger partial charge in [0.2, 0.25) is 0 Å². The molecule has 2 rings (SSSR count). The molecule has 1 heterocycles. The van der Waals surface area contributed by atoms with Crippen LogP contribution in [0.3, 0.4) is 0 Å². The van der Waals surface area contributed by atoms with Crippen LogP contribution in [-0.2, 0) is 0 Å². The number of methoxy groups -OCH3 is 2. The number of nitrogens with zero attached hydrogens (tertiary/aromatic N) is 1. The summed E-state index contributed by atoms with van der Waals surface area (Å²) in [5, 5.41) is 0. The molecule has 6 heteroatoms. The lowest BCUT2D eigenvalue weighted by atomic mass is 10.1. The smallest absolute Gasteiger partial charge is 0.269 e. The van der Waals surface area contributed by atoms with E-state index < -0.39 is 5.91 Å². The molecule has 1 amide bonds. The monoisotopic (exact) mass is 273 g/mol. The highest BCUT2D eigenvalue weighted by molar-refractivity contribution is 5.96. The van der Waals surface area contributed by atoms with E-state index in [0.29, 0.717) is 17.2 Å². The quantitative estimate of drug-likeness (QED) is 0.878. The van der Waals surface area contributed by atoms with E-state index in [2.05, 4.69) is 4.98 Å². The fourth-order valence-corrected chi connectivity index (χ4v) is 1.82. The molecule has 1 aromatic heterocycles. The van der Waals surface area contributed by atoms with E-state index >= 15 is 0 Å². The molecular formula is C14H15N3O3. The maximum Gasteiger partial charge on any atom is 0.269 e. The van der Waals surface area contributed by atoms with Crippen LogP contribution in [0.25, 0.3) is 11.3 Å². The number of nitrogen functional groups attached to an aromatic ring is 1. The van der Waals surface area contributed by atoms with Gasteiger partial charge < -0.3 is 20.9 Å². The number of benzene rings is 1. The van der Waals surface area contributed by atoms with E-state index in [0.717, 1.165) is 5.56 Å². The standard InChI is InChI=1S/C14H15N3O3/c1-19-11-6-3-8(7-12(11)20-2)10-5-4-9(15)13(17-10)14(16)18/h3-7H,15H2,1-2H3,(H2,16,18). The minimum Gasteiger partial charge on any atom is -0.493 e. The van der Waals surface area contributed by atoms with Crippen LogP contribution in [0.15, 0.2) is 30.3 Å². The Morgan fingerprint density at radius 2 is 1.80 bits per heavy atom. The lowest BCUT2D eigenvalue weighted by Crippen LogP contribution is -2.15. The molecule has 1 aromatic carbocycles. The van der Waals surface area contributed by atoms with E-state index in [4.69, 9.17) is 20.9 Å². The van der Waals surface area contributed by atoms with E-state index in [1.165, 1.54) is 0 Å². The summed E-state index contributed by atoms with van der Waals surface area (Å²) < 4.78 is 10.4. The van der Waals surface area contributed by atoms with Crippen molar-refractivity contribution < 1.29 is 14.3 Å². The molecular weight excluding hydrogens is 258 g/mol. The van der Waals surface area contributed by atoms with Crippen LogP contribution < -0.4 is 20.9 Å². The van der Waals surface area contributed by atoms with Crippen LogP contribution in [0, 0.1) is 0 Å². The highest BCUT2D eigenvalue weighted by Crippen LogP contribution is 2.32. The summed E-state index contributed by atoms with van der Waals surface area (Å²) in [6, 6.07) is 8.64. The molecule has 0 radical (unpaired) electrons. The molecule has 2 aromatic rings. The third-order valence-electron chi connectivity index (χ3n) is 2.84. The number of pyridine rings is 1. The molecule has 0 bridgehead atoms. The van der Waals surface area contributed by atoms with Gasteiger partial charge in [-0.15, -0.1) is 0 Å². The van der Waals surface area contributed by atoms with Crippen LogP contribution in [0.4, 0.5) is 5.69 Å². The molecule has 0 fully saturated rings. The van der Waals surface area contributed by atoms with Gasteiger partial charge in [-0.2, -0.15) is 0 Å². The fourth-order valence-electron chi connectivity index (χ4n) is 1.82. The zero-order chi connectivity index (χ0) is 14.7. The van der Waals surface area contributed by atoms with Crippen molar-refractivity contribution in [1.29, 1.82) is 0 Å². The molecule has 104 valence electrons. The number of carbonyl (C=O) groups excluding carboxylic acids is 1. The van der Waals surface area contributed by atoms with Crippen LogP contribution in [0.2, 0.25) is 0 Å². The van der Waals surface area contributed by atoms with E-state index in [9.17, 15) is 4.79 Å². The Labute approximate surface area is 116 Å². The largest absolute Gasteiger partial charge is 0.493 e. The van der Waals surface area contributed by atoms with E-state index in [1.54, 1.807) is 38.5 Å². The lowest BCUT2D eigenvalue weighted by molar-refractivity contribution is 0.0996. The Kier molecular flexibility index (Phi) is 3.74. The molecule has 0 atom stereocenters. The second-order valence-electron chi connectivity index (χ2n) is 4.07. The van der Waals surface area contributed by atoms with Gasteiger partial charge in [0, 0.05) is 5.56 Å². The molecule has 4 N–H and O–H groups in total. The third-order valence-corrected chi connectivity index (χ3v) is 2.84. The number of primary amides is 1. The highest BCUT2D eigenvalue weighted by Gasteiger charge is 2.12. The van der Waals surface area contributed by atoms with Crippen LogP contribution in [0.5, 0.6) is 11.5 Å². The number of hydrogen-bond donors (Lipinski definition) is 2. The van der Waals surface area contributed by atoms with Gasteiger partial charge in [0.25, 0.3) is 5.91 Å². The Morgan fingerprint density at radius 3 is 2.40 bits per heavy atom. The summed E-state index contributed by atoms with van der Waals surface area (Å²) in [5.74, 6) is 0.524. The van der Waals surface area contributed by atoms with Crippen molar-refractivity contribution in [3.63, 3.8) is 0 Å². The summed E-state index contributed by atoms with van der Waals surface area (Å²) in [5.41, 5.74) is 12.6. The zero-order valence-electron chi connectivity index (χ0n) is 11.2. The maximum absolute atomic E-state index is 11.3. The van der Waals surface area contributed by atoms with E-state index in [-0.39, 0.29) is 11.4 Å². The second-order valence-corrected chi connectivity index (χ2v) is 4.07. The Hall–Kier alpha value is -2.76. The number of carbonyl (C=O) groups is 1. The topological polar surface area (TPSA) is 100 Å². The number of ether oxygens (including phenoxy) is 2. The van der Waals surface area contributed by atoms with Gasteiger partial charge in [-0.25, -0.2) is 4.98 Å². The van der Waals surface area contributed by atoms with Crippen LogP contribution in [0.1, 0.15) is 10.5 Å². The summed E-state index contributed by atoms with van der Waals surface area (Å²) in [6.45, 7) is 0. The average molecular weight is 273 g/mol. The molecule has 0 saturated carbocycles. The average Bonchev–Trinajstić information content (AvgIpc) is 2.46. The lowest BCUT2D eigenvalue weighted by Gasteiger charge is -2.10. The predicted octanol–water partition coefficient (Wildman–Crippen LogP) is 1.45. The molecule has 0 aliphatic rings. The van der Waals surface area contributed by atoms with Gasteiger partial charge in [-0.1, -0.05) is 0 Å². The Balaban J connectivity index is 2.51. The van der Waals surface area contributed by atoms with Crippen molar-refractivity contribution in [2.24, 2.45) is 5.73 Å². The van der Waals surface area contributed by atoms with Gasteiger partial charge >= 0.3 is 0 Å². The second kappa shape index (κ2) is 5.48.